The molecule has 0 unspecified atom stereocenters. The number of aliphatic imine (C=N–C) groups is 1. The fourth-order valence-corrected chi connectivity index (χ4v) is 2.65. The van der Waals surface area contributed by atoms with Gasteiger partial charge in [-0.1, -0.05) is 24.3 Å². The predicted octanol–water partition coefficient (Wildman–Crippen LogP) is 2.76. The van der Waals surface area contributed by atoms with Crippen LogP contribution >= 0.6 is 11.3 Å². The fourth-order valence-electron chi connectivity index (χ4n) is 1.98. The molecule has 0 aliphatic rings. The van der Waals surface area contributed by atoms with Gasteiger partial charge in [0, 0.05) is 27.2 Å². The minimum Gasteiger partial charge on any atom is -0.380 e. The van der Waals surface area contributed by atoms with E-state index in [2.05, 4.69) is 50.7 Å². The van der Waals surface area contributed by atoms with Crippen molar-refractivity contribution < 1.29 is 4.74 Å². The number of hydrogen-bond acceptors (Lipinski definition) is 3. The Balaban J connectivity index is 1.83. The number of benzene rings is 1. The van der Waals surface area contributed by atoms with E-state index in [9.17, 15) is 0 Å². The van der Waals surface area contributed by atoms with E-state index in [0.717, 1.165) is 19.0 Å². The number of nitrogens with one attached hydrogen (secondary N) is 2. The number of thiophene rings is 1. The van der Waals surface area contributed by atoms with E-state index in [1.807, 2.05) is 6.07 Å². The molecule has 1 aromatic carbocycles. The highest BCUT2D eigenvalue weighted by Gasteiger charge is 2.00. The Morgan fingerprint density at radius 1 is 1.14 bits per heavy atom. The minimum atomic E-state index is 0.638. The zero-order valence-corrected chi connectivity index (χ0v) is 13.2. The first-order valence-electron chi connectivity index (χ1n) is 6.84. The molecule has 1 aromatic heterocycles. The quantitative estimate of drug-likeness (QED) is 0.637. The molecule has 112 valence electrons. The van der Waals surface area contributed by atoms with Gasteiger partial charge in [-0.3, -0.25) is 4.99 Å². The molecule has 0 aliphatic heterocycles. The topological polar surface area (TPSA) is 45.7 Å². The van der Waals surface area contributed by atoms with Gasteiger partial charge in [0.1, 0.15) is 0 Å². The van der Waals surface area contributed by atoms with Gasteiger partial charge in [0.05, 0.1) is 6.61 Å². The smallest absolute Gasteiger partial charge is 0.191 e. The van der Waals surface area contributed by atoms with Crippen LogP contribution < -0.4 is 10.6 Å². The Morgan fingerprint density at radius 2 is 1.90 bits per heavy atom. The largest absolute Gasteiger partial charge is 0.380 e. The molecule has 2 N–H and O–H groups in total. The summed E-state index contributed by atoms with van der Waals surface area (Å²) in [6.07, 6.45) is 0. The van der Waals surface area contributed by atoms with Gasteiger partial charge in [0.25, 0.3) is 0 Å². The summed E-state index contributed by atoms with van der Waals surface area (Å²) in [5.74, 6) is 0.804. The van der Waals surface area contributed by atoms with E-state index in [-0.39, 0.29) is 0 Å². The van der Waals surface area contributed by atoms with Crippen molar-refractivity contribution in [1.29, 1.82) is 0 Å². The van der Waals surface area contributed by atoms with Gasteiger partial charge in [-0.05, 0) is 33.5 Å². The fraction of sp³-hybridized carbons (Fsp3) is 0.312. The number of ether oxygens (including phenoxy) is 1. The summed E-state index contributed by atoms with van der Waals surface area (Å²) in [5.41, 5.74) is 3.66. The summed E-state index contributed by atoms with van der Waals surface area (Å²) in [5, 5.41) is 10.8. The number of rotatable bonds is 6. The van der Waals surface area contributed by atoms with Crippen LogP contribution in [0.15, 0.2) is 46.1 Å². The second kappa shape index (κ2) is 8.44. The van der Waals surface area contributed by atoms with Gasteiger partial charge in [-0.25, -0.2) is 0 Å². The number of nitrogens with zero attached hydrogens (tertiary/aromatic N) is 1. The maximum absolute atomic E-state index is 5.15. The predicted molar refractivity (Wildman–Crippen MR) is 88.5 cm³/mol. The first-order valence-corrected chi connectivity index (χ1v) is 7.78. The molecule has 0 radical (unpaired) electrons. The maximum Gasteiger partial charge on any atom is 0.191 e. The molecule has 2 rings (SSSR count). The van der Waals surface area contributed by atoms with Crippen LogP contribution in [0.25, 0.3) is 0 Å². The Kier molecular flexibility index (Phi) is 6.24. The molecule has 1 heterocycles. The highest BCUT2D eigenvalue weighted by atomic mass is 32.1. The third-order valence-corrected chi connectivity index (χ3v) is 3.76. The second-order valence-electron chi connectivity index (χ2n) is 4.66. The molecule has 0 amide bonds. The van der Waals surface area contributed by atoms with Gasteiger partial charge in [-0.2, -0.15) is 11.3 Å². The van der Waals surface area contributed by atoms with Crippen molar-refractivity contribution in [1.82, 2.24) is 10.6 Å². The van der Waals surface area contributed by atoms with Crippen molar-refractivity contribution in [3.63, 3.8) is 0 Å². The standard InChI is InChI=1S/C16H21N3OS/c1-17-16(19-10-15-6-7-21-12-15)18-9-13-4-3-5-14(8-13)11-20-2/h3-8,12H,9-11H2,1-2H3,(H2,17,18,19). The van der Waals surface area contributed by atoms with E-state index in [0.29, 0.717) is 6.61 Å². The normalized spacial score (nSPS) is 11.4. The lowest BCUT2D eigenvalue weighted by atomic mass is 10.1. The van der Waals surface area contributed by atoms with Crippen LogP contribution in [0.3, 0.4) is 0 Å². The van der Waals surface area contributed by atoms with Crippen molar-refractivity contribution in [2.75, 3.05) is 14.2 Å². The third kappa shape index (κ3) is 5.21. The van der Waals surface area contributed by atoms with E-state index in [4.69, 9.17) is 4.74 Å². The summed E-state index contributed by atoms with van der Waals surface area (Å²) in [7, 11) is 3.49. The first kappa shape index (κ1) is 15.5. The van der Waals surface area contributed by atoms with Gasteiger partial charge in [0.15, 0.2) is 5.96 Å². The van der Waals surface area contributed by atoms with Crippen LogP contribution in [0.4, 0.5) is 0 Å². The molecule has 4 nitrogen and oxygen atoms in total. The molecule has 0 atom stereocenters. The molecule has 5 heteroatoms. The minimum absolute atomic E-state index is 0.638. The van der Waals surface area contributed by atoms with E-state index < -0.39 is 0 Å². The molecule has 2 aromatic rings. The van der Waals surface area contributed by atoms with Crippen LogP contribution in [0.2, 0.25) is 0 Å². The molecule has 21 heavy (non-hydrogen) atoms. The molecule has 0 aliphatic carbocycles. The molecular weight excluding hydrogens is 282 g/mol. The summed E-state index contributed by atoms with van der Waals surface area (Å²) in [6.45, 7) is 2.16. The third-order valence-electron chi connectivity index (χ3n) is 3.03. The molecule has 0 bridgehead atoms. The van der Waals surface area contributed by atoms with Crippen LogP contribution in [0.1, 0.15) is 16.7 Å². The highest BCUT2D eigenvalue weighted by molar-refractivity contribution is 7.07. The average Bonchev–Trinajstić information content (AvgIpc) is 3.01. The van der Waals surface area contributed by atoms with Gasteiger partial charge < -0.3 is 15.4 Å². The Labute approximate surface area is 129 Å². The number of guanidine groups is 1. The van der Waals surface area contributed by atoms with Crippen LogP contribution in [-0.4, -0.2) is 20.1 Å². The first-order chi connectivity index (χ1) is 10.3. The lowest BCUT2D eigenvalue weighted by molar-refractivity contribution is 0.185. The molecule has 0 saturated carbocycles. The summed E-state index contributed by atoms with van der Waals surface area (Å²) in [4.78, 5) is 4.23. The summed E-state index contributed by atoms with van der Waals surface area (Å²) in [6, 6.07) is 10.5. The van der Waals surface area contributed by atoms with Crippen molar-refractivity contribution in [3.05, 3.63) is 57.8 Å². The SMILES string of the molecule is CN=C(NCc1ccsc1)NCc1cccc(COC)c1. The van der Waals surface area contributed by atoms with E-state index >= 15 is 0 Å². The van der Waals surface area contributed by atoms with Crippen LogP contribution in [-0.2, 0) is 24.4 Å². The monoisotopic (exact) mass is 303 g/mol. The number of hydrogen-bond donors (Lipinski definition) is 2. The van der Waals surface area contributed by atoms with E-state index in [1.54, 1.807) is 25.5 Å². The van der Waals surface area contributed by atoms with Crippen molar-refractivity contribution in [2.45, 2.75) is 19.7 Å². The van der Waals surface area contributed by atoms with Crippen LogP contribution in [0.5, 0.6) is 0 Å². The Bertz CT molecular complexity index is 567. The lowest BCUT2D eigenvalue weighted by Gasteiger charge is -2.12. The van der Waals surface area contributed by atoms with Crippen molar-refractivity contribution in [2.24, 2.45) is 4.99 Å². The molecule has 0 fully saturated rings. The molecule has 0 spiro atoms. The molecular formula is C16H21N3OS. The second-order valence-corrected chi connectivity index (χ2v) is 5.44. The van der Waals surface area contributed by atoms with Crippen molar-refractivity contribution >= 4 is 17.3 Å². The summed E-state index contributed by atoms with van der Waals surface area (Å²) < 4.78 is 5.15. The lowest BCUT2D eigenvalue weighted by Crippen LogP contribution is -2.36. The molecule has 0 saturated heterocycles. The van der Waals surface area contributed by atoms with E-state index in [1.165, 1.54) is 16.7 Å². The van der Waals surface area contributed by atoms with Gasteiger partial charge >= 0.3 is 0 Å². The zero-order chi connectivity index (χ0) is 14.9. The zero-order valence-electron chi connectivity index (χ0n) is 12.4. The Hall–Kier alpha value is -1.85. The average molecular weight is 303 g/mol. The maximum atomic E-state index is 5.15. The van der Waals surface area contributed by atoms with Gasteiger partial charge in [0.2, 0.25) is 0 Å². The Morgan fingerprint density at radius 3 is 2.57 bits per heavy atom. The van der Waals surface area contributed by atoms with Crippen LogP contribution in [0, 0.1) is 0 Å². The highest BCUT2D eigenvalue weighted by Crippen LogP contribution is 2.07. The van der Waals surface area contributed by atoms with Crippen molar-refractivity contribution in [3.8, 4) is 0 Å². The number of methoxy groups -OCH3 is 1. The van der Waals surface area contributed by atoms with Gasteiger partial charge in [-0.15, -0.1) is 0 Å². The summed E-state index contributed by atoms with van der Waals surface area (Å²) >= 11 is 1.70.